The predicted octanol–water partition coefficient (Wildman–Crippen LogP) is 3.82. The summed E-state index contributed by atoms with van der Waals surface area (Å²) >= 11 is 1.83. The highest BCUT2D eigenvalue weighted by molar-refractivity contribution is 7.19. The molecule has 0 amide bonds. The van der Waals surface area contributed by atoms with E-state index in [1.807, 2.05) is 23.6 Å². The molecule has 1 aliphatic carbocycles. The zero-order valence-electron chi connectivity index (χ0n) is 12.5. The van der Waals surface area contributed by atoms with Crippen LogP contribution in [-0.2, 0) is 19.4 Å². The van der Waals surface area contributed by atoms with Crippen molar-refractivity contribution in [2.75, 3.05) is 5.32 Å². The molecule has 112 valence electrons. The van der Waals surface area contributed by atoms with E-state index in [-0.39, 0.29) is 0 Å². The number of pyridine rings is 1. The molecule has 1 atom stereocenters. The van der Waals surface area contributed by atoms with E-state index in [2.05, 4.69) is 33.3 Å². The van der Waals surface area contributed by atoms with Gasteiger partial charge in [-0.05, 0) is 42.4 Å². The van der Waals surface area contributed by atoms with E-state index < -0.39 is 0 Å². The first-order valence-electron chi connectivity index (χ1n) is 7.69. The van der Waals surface area contributed by atoms with Crippen LogP contribution in [0.4, 0.5) is 5.82 Å². The predicted molar refractivity (Wildman–Crippen MR) is 90.2 cm³/mol. The van der Waals surface area contributed by atoms with Crippen molar-refractivity contribution in [2.45, 2.75) is 32.7 Å². The first-order valence-corrected chi connectivity index (χ1v) is 8.51. The topological polar surface area (TPSA) is 50.7 Å². The molecule has 0 aromatic carbocycles. The van der Waals surface area contributed by atoms with Gasteiger partial charge in [-0.1, -0.05) is 13.0 Å². The lowest BCUT2D eigenvalue weighted by Gasteiger charge is -2.18. The van der Waals surface area contributed by atoms with Crippen molar-refractivity contribution in [3.8, 4) is 0 Å². The van der Waals surface area contributed by atoms with E-state index in [0.717, 1.165) is 35.1 Å². The van der Waals surface area contributed by atoms with Gasteiger partial charge in [0.05, 0.1) is 5.39 Å². The second-order valence-electron chi connectivity index (χ2n) is 5.97. The van der Waals surface area contributed by atoms with Gasteiger partial charge in [0.25, 0.3) is 0 Å². The van der Waals surface area contributed by atoms with Crippen LogP contribution in [-0.4, -0.2) is 15.0 Å². The molecule has 3 aromatic rings. The molecule has 0 spiro atoms. The van der Waals surface area contributed by atoms with E-state index in [1.165, 1.54) is 28.7 Å². The molecule has 0 unspecified atom stereocenters. The Morgan fingerprint density at radius 3 is 3.18 bits per heavy atom. The number of nitrogens with zero attached hydrogens (tertiary/aromatic N) is 3. The maximum Gasteiger partial charge on any atom is 0.138 e. The fraction of sp³-hybridized carbons (Fsp3) is 0.353. The maximum absolute atomic E-state index is 4.49. The third kappa shape index (κ3) is 2.46. The molecule has 0 fully saturated rings. The van der Waals surface area contributed by atoms with Crippen molar-refractivity contribution in [3.63, 3.8) is 0 Å². The summed E-state index contributed by atoms with van der Waals surface area (Å²) in [5.74, 6) is 1.71. The molecule has 3 aromatic heterocycles. The van der Waals surface area contributed by atoms with E-state index in [0.29, 0.717) is 0 Å². The van der Waals surface area contributed by atoms with Gasteiger partial charge in [0.1, 0.15) is 17.0 Å². The zero-order chi connectivity index (χ0) is 14.9. The molecule has 4 nitrogen and oxygen atoms in total. The molecule has 0 aliphatic heterocycles. The molecule has 0 radical (unpaired) electrons. The van der Waals surface area contributed by atoms with Crippen LogP contribution >= 0.6 is 11.3 Å². The number of rotatable bonds is 3. The van der Waals surface area contributed by atoms with E-state index in [4.69, 9.17) is 0 Å². The summed E-state index contributed by atoms with van der Waals surface area (Å²) in [5.41, 5.74) is 2.62. The van der Waals surface area contributed by atoms with Crippen molar-refractivity contribution in [2.24, 2.45) is 5.92 Å². The monoisotopic (exact) mass is 310 g/mol. The van der Waals surface area contributed by atoms with Gasteiger partial charge in [-0.25, -0.2) is 9.97 Å². The lowest BCUT2D eigenvalue weighted by atomic mass is 9.88. The van der Waals surface area contributed by atoms with Gasteiger partial charge in [0.15, 0.2) is 0 Å². The standard InChI is InChI=1S/C17H18N4S/c1-11-4-5-14-13(7-11)15-16(20-10-21-17(15)22-14)19-9-12-3-2-6-18-8-12/h2-3,6,8,10-11H,4-5,7,9H2,1H3,(H,19,20,21)/t11-/m1/s1. The van der Waals surface area contributed by atoms with Gasteiger partial charge < -0.3 is 5.32 Å². The number of nitrogens with one attached hydrogen (secondary N) is 1. The molecule has 5 heteroatoms. The highest BCUT2D eigenvalue weighted by Crippen LogP contribution is 2.39. The summed E-state index contributed by atoms with van der Waals surface area (Å²) in [4.78, 5) is 15.7. The zero-order valence-corrected chi connectivity index (χ0v) is 13.4. The second kappa shape index (κ2) is 5.65. The van der Waals surface area contributed by atoms with Crippen LogP contribution in [0.5, 0.6) is 0 Å². The molecular weight excluding hydrogens is 292 g/mol. The summed E-state index contributed by atoms with van der Waals surface area (Å²) < 4.78 is 0. The summed E-state index contributed by atoms with van der Waals surface area (Å²) in [6.45, 7) is 3.07. The average molecular weight is 310 g/mol. The Bertz CT molecular complexity index is 797. The Labute approximate surface area is 133 Å². The SMILES string of the molecule is C[C@@H]1CCc2sc3ncnc(NCc4cccnc4)c3c2C1. The number of hydrogen-bond acceptors (Lipinski definition) is 5. The van der Waals surface area contributed by atoms with E-state index >= 15 is 0 Å². The third-order valence-corrected chi connectivity index (χ3v) is 5.47. The number of aryl methyl sites for hydroxylation is 1. The Morgan fingerprint density at radius 2 is 2.32 bits per heavy atom. The third-order valence-electron chi connectivity index (χ3n) is 4.27. The van der Waals surface area contributed by atoms with E-state index in [9.17, 15) is 0 Å². The Hall–Kier alpha value is -2.01. The van der Waals surface area contributed by atoms with Gasteiger partial charge in [-0.15, -0.1) is 11.3 Å². The number of fused-ring (bicyclic) bond motifs is 3. The van der Waals surface area contributed by atoms with Gasteiger partial charge in [-0.2, -0.15) is 0 Å². The minimum absolute atomic E-state index is 0.736. The van der Waals surface area contributed by atoms with Crippen LogP contribution < -0.4 is 5.32 Å². The minimum atomic E-state index is 0.736. The van der Waals surface area contributed by atoms with Crippen molar-refractivity contribution in [1.82, 2.24) is 15.0 Å². The van der Waals surface area contributed by atoms with Crippen LogP contribution in [0.15, 0.2) is 30.9 Å². The number of aromatic nitrogens is 3. The Kier molecular flexibility index (Phi) is 3.50. The molecular formula is C17H18N4S. The van der Waals surface area contributed by atoms with Crippen LogP contribution in [0.1, 0.15) is 29.3 Å². The molecule has 0 saturated carbocycles. The van der Waals surface area contributed by atoms with Gasteiger partial charge >= 0.3 is 0 Å². The number of anilines is 1. The Balaban J connectivity index is 1.70. The highest BCUT2D eigenvalue weighted by Gasteiger charge is 2.23. The highest BCUT2D eigenvalue weighted by atomic mass is 32.1. The normalized spacial score (nSPS) is 17.4. The van der Waals surface area contributed by atoms with Crippen LogP contribution in [0.25, 0.3) is 10.2 Å². The van der Waals surface area contributed by atoms with Crippen LogP contribution in [0, 0.1) is 5.92 Å². The van der Waals surface area contributed by atoms with Crippen LogP contribution in [0.3, 0.4) is 0 Å². The average Bonchev–Trinajstić information content (AvgIpc) is 2.92. The van der Waals surface area contributed by atoms with Gasteiger partial charge in [0.2, 0.25) is 0 Å². The smallest absolute Gasteiger partial charge is 0.138 e. The number of hydrogen-bond donors (Lipinski definition) is 1. The molecule has 0 bridgehead atoms. The van der Waals surface area contributed by atoms with Gasteiger partial charge in [0, 0.05) is 23.8 Å². The molecule has 1 N–H and O–H groups in total. The maximum atomic E-state index is 4.49. The first-order chi connectivity index (χ1) is 10.8. The minimum Gasteiger partial charge on any atom is -0.365 e. The summed E-state index contributed by atoms with van der Waals surface area (Å²) in [5, 5.41) is 4.70. The van der Waals surface area contributed by atoms with Crippen molar-refractivity contribution < 1.29 is 0 Å². The molecule has 4 rings (SSSR count). The van der Waals surface area contributed by atoms with Crippen molar-refractivity contribution >= 4 is 27.4 Å². The van der Waals surface area contributed by atoms with E-state index in [1.54, 1.807) is 12.5 Å². The lowest BCUT2D eigenvalue weighted by molar-refractivity contribution is 0.508. The Morgan fingerprint density at radius 1 is 1.36 bits per heavy atom. The fourth-order valence-corrected chi connectivity index (χ4v) is 4.29. The summed E-state index contributed by atoms with van der Waals surface area (Å²) in [7, 11) is 0. The van der Waals surface area contributed by atoms with Gasteiger partial charge in [-0.3, -0.25) is 4.98 Å². The quantitative estimate of drug-likeness (QED) is 0.799. The molecule has 3 heterocycles. The summed E-state index contributed by atoms with van der Waals surface area (Å²) in [6.07, 6.45) is 8.95. The second-order valence-corrected chi connectivity index (χ2v) is 7.05. The first kappa shape index (κ1) is 13.6. The number of thiophene rings is 1. The largest absolute Gasteiger partial charge is 0.365 e. The fourth-order valence-electron chi connectivity index (χ4n) is 3.10. The lowest BCUT2D eigenvalue weighted by Crippen LogP contribution is -2.10. The molecule has 1 aliphatic rings. The summed E-state index contributed by atoms with van der Waals surface area (Å²) in [6, 6.07) is 4.03. The van der Waals surface area contributed by atoms with Crippen molar-refractivity contribution in [1.29, 1.82) is 0 Å². The molecule has 22 heavy (non-hydrogen) atoms. The molecule has 0 saturated heterocycles. The van der Waals surface area contributed by atoms with Crippen LogP contribution in [0.2, 0.25) is 0 Å². The van der Waals surface area contributed by atoms with Crippen molar-refractivity contribution in [3.05, 3.63) is 46.9 Å².